The van der Waals surface area contributed by atoms with Crippen molar-refractivity contribution in [2.24, 2.45) is 0 Å². The second kappa shape index (κ2) is 8.75. The Balaban J connectivity index is 1.98. The number of nitro groups is 1. The van der Waals surface area contributed by atoms with Gasteiger partial charge in [0.15, 0.2) is 6.61 Å². The van der Waals surface area contributed by atoms with Crippen molar-refractivity contribution >= 4 is 23.3 Å². The standard InChI is InChI=1S/C19H20N2O5/c1-3-13(2)16-9-4-5-10-17(16)20-18(22)12-26-19(23)14-7-6-8-15(11-14)21(24)25/h4-11,13H,3,12H2,1-2H3,(H,20,22)/t13-/m1/s1. The lowest BCUT2D eigenvalue weighted by molar-refractivity contribution is -0.384. The Labute approximate surface area is 151 Å². The first-order valence-electron chi connectivity index (χ1n) is 8.22. The van der Waals surface area contributed by atoms with E-state index in [1.807, 2.05) is 18.2 Å². The molecule has 136 valence electrons. The number of non-ortho nitro benzene ring substituents is 1. The van der Waals surface area contributed by atoms with Gasteiger partial charge in [-0.25, -0.2) is 4.79 Å². The van der Waals surface area contributed by atoms with Gasteiger partial charge in [0.1, 0.15) is 0 Å². The second-order valence-corrected chi connectivity index (χ2v) is 5.83. The molecular formula is C19H20N2O5. The fraction of sp³-hybridized carbons (Fsp3) is 0.263. The van der Waals surface area contributed by atoms with Gasteiger partial charge < -0.3 is 10.1 Å². The lowest BCUT2D eigenvalue weighted by Gasteiger charge is -2.15. The molecule has 2 rings (SSSR count). The third-order valence-electron chi connectivity index (χ3n) is 4.01. The molecule has 0 heterocycles. The number of para-hydroxylation sites is 1. The minimum atomic E-state index is -0.793. The van der Waals surface area contributed by atoms with Crippen LogP contribution in [0.2, 0.25) is 0 Å². The van der Waals surface area contributed by atoms with E-state index in [0.717, 1.165) is 18.1 Å². The smallest absolute Gasteiger partial charge is 0.338 e. The van der Waals surface area contributed by atoms with Gasteiger partial charge in [0.05, 0.1) is 10.5 Å². The number of anilines is 1. The van der Waals surface area contributed by atoms with Crippen LogP contribution < -0.4 is 5.32 Å². The Morgan fingerprint density at radius 3 is 2.62 bits per heavy atom. The number of ether oxygens (including phenoxy) is 1. The summed E-state index contributed by atoms with van der Waals surface area (Å²) in [4.78, 5) is 34.2. The number of benzene rings is 2. The average Bonchev–Trinajstić information content (AvgIpc) is 2.66. The van der Waals surface area contributed by atoms with Gasteiger partial charge in [0.25, 0.3) is 11.6 Å². The molecule has 7 nitrogen and oxygen atoms in total. The van der Waals surface area contributed by atoms with Gasteiger partial charge in [-0.15, -0.1) is 0 Å². The fourth-order valence-corrected chi connectivity index (χ4v) is 2.41. The summed E-state index contributed by atoms with van der Waals surface area (Å²) in [6, 6.07) is 12.6. The van der Waals surface area contributed by atoms with Crippen LogP contribution in [0.3, 0.4) is 0 Å². The van der Waals surface area contributed by atoms with Crippen LogP contribution in [0.4, 0.5) is 11.4 Å². The molecule has 0 aliphatic heterocycles. The van der Waals surface area contributed by atoms with Crippen molar-refractivity contribution in [2.75, 3.05) is 11.9 Å². The van der Waals surface area contributed by atoms with E-state index in [4.69, 9.17) is 4.74 Å². The number of hydrogen-bond donors (Lipinski definition) is 1. The van der Waals surface area contributed by atoms with Crippen molar-refractivity contribution in [2.45, 2.75) is 26.2 Å². The highest BCUT2D eigenvalue weighted by Gasteiger charge is 2.15. The summed E-state index contributed by atoms with van der Waals surface area (Å²) in [5.74, 6) is -0.988. The number of nitrogens with one attached hydrogen (secondary N) is 1. The zero-order valence-corrected chi connectivity index (χ0v) is 14.6. The number of carbonyl (C=O) groups excluding carboxylic acids is 2. The molecule has 0 radical (unpaired) electrons. The first-order chi connectivity index (χ1) is 12.4. The molecule has 0 saturated heterocycles. The van der Waals surface area contributed by atoms with E-state index >= 15 is 0 Å². The molecule has 0 saturated carbocycles. The van der Waals surface area contributed by atoms with Crippen molar-refractivity contribution < 1.29 is 19.2 Å². The molecule has 1 amide bonds. The number of nitro benzene ring substituents is 1. The molecule has 2 aromatic carbocycles. The van der Waals surface area contributed by atoms with Gasteiger partial charge in [-0.05, 0) is 30.0 Å². The summed E-state index contributed by atoms with van der Waals surface area (Å²) >= 11 is 0. The second-order valence-electron chi connectivity index (χ2n) is 5.83. The minimum absolute atomic E-state index is 0.0204. The SMILES string of the molecule is CC[C@@H](C)c1ccccc1NC(=O)COC(=O)c1cccc([N+](=O)[O-])c1. The Morgan fingerprint density at radius 1 is 1.19 bits per heavy atom. The number of nitrogens with zero attached hydrogens (tertiary/aromatic N) is 1. The highest BCUT2D eigenvalue weighted by atomic mass is 16.6. The van der Waals surface area contributed by atoms with Crippen LogP contribution in [-0.4, -0.2) is 23.4 Å². The van der Waals surface area contributed by atoms with E-state index in [1.165, 1.54) is 18.2 Å². The molecule has 0 unspecified atom stereocenters. The third kappa shape index (κ3) is 4.89. The lowest BCUT2D eigenvalue weighted by Crippen LogP contribution is -2.21. The van der Waals surface area contributed by atoms with Crippen LogP contribution in [0.25, 0.3) is 0 Å². The van der Waals surface area contributed by atoms with Gasteiger partial charge in [0, 0.05) is 17.8 Å². The predicted octanol–water partition coefficient (Wildman–Crippen LogP) is 3.90. The summed E-state index contributed by atoms with van der Waals surface area (Å²) in [5, 5.41) is 13.5. The first kappa shape index (κ1) is 19.1. The maximum atomic E-state index is 12.1. The summed E-state index contributed by atoms with van der Waals surface area (Å²) in [5.41, 5.74) is 1.49. The Kier molecular flexibility index (Phi) is 6.43. The molecule has 26 heavy (non-hydrogen) atoms. The van der Waals surface area contributed by atoms with E-state index in [1.54, 1.807) is 6.07 Å². The van der Waals surface area contributed by atoms with Gasteiger partial charge in [-0.2, -0.15) is 0 Å². The summed E-state index contributed by atoms with van der Waals surface area (Å²) < 4.78 is 4.95. The number of rotatable bonds is 7. The maximum Gasteiger partial charge on any atom is 0.338 e. The number of hydrogen-bond acceptors (Lipinski definition) is 5. The Bertz CT molecular complexity index is 819. The molecule has 1 N–H and O–H groups in total. The summed E-state index contributed by atoms with van der Waals surface area (Å²) in [6.45, 7) is 3.65. The minimum Gasteiger partial charge on any atom is -0.452 e. The van der Waals surface area contributed by atoms with Crippen LogP contribution in [0, 0.1) is 10.1 Å². The summed E-state index contributed by atoms with van der Waals surface area (Å²) in [7, 11) is 0. The normalized spacial score (nSPS) is 11.5. The van der Waals surface area contributed by atoms with E-state index in [-0.39, 0.29) is 17.2 Å². The van der Waals surface area contributed by atoms with Crippen molar-refractivity contribution in [3.8, 4) is 0 Å². The van der Waals surface area contributed by atoms with Gasteiger partial charge in [-0.1, -0.05) is 38.1 Å². The Morgan fingerprint density at radius 2 is 1.92 bits per heavy atom. The van der Waals surface area contributed by atoms with E-state index in [0.29, 0.717) is 5.69 Å². The molecule has 0 aliphatic carbocycles. The molecule has 0 aromatic heterocycles. The number of esters is 1. The highest BCUT2D eigenvalue weighted by Crippen LogP contribution is 2.26. The molecule has 1 atom stereocenters. The molecule has 0 spiro atoms. The van der Waals surface area contributed by atoms with E-state index in [9.17, 15) is 19.7 Å². The topological polar surface area (TPSA) is 98.5 Å². The van der Waals surface area contributed by atoms with Crippen molar-refractivity contribution in [1.82, 2.24) is 0 Å². The molecule has 0 fully saturated rings. The van der Waals surface area contributed by atoms with Crippen molar-refractivity contribution in [1.29, 1.82) is 0 Å². The highest BCUT2D eigenvalue weighted by molar-refractivity contribution is 5.96. The molecule has 2 aromatic rings. The lowest BCUT2D eigenvalue weighted by atomic mass is 9.97. The monoisotopic (exact) mass is 356 g/mol. The van der Waals surface area contributed by atoms with Crippen molar-refractivity contribution in [3.05, 3.63) is 69.8 Å². The fourth-order valence-electron chi connectivity index (χ4n) is 2.41. The average molecular weight is 356 g/mol. The number of amides is 1. The molecule has 0 aliphatic rings. The van der Waals surface area contributed by atoms with Gasteiger partial charge >= 0.3 is 5.97 Å². The van der Waals surface area contributed by atoms with Crippen LogP contribution in [-0.2, 0) is 9.53 Å². The number of carbonyl (C=O) groups is 2. The largest absolute Gasteiger partial charge is 0.452 e. The van der Waals surface area contributed by atoms with Crippen LogP contribution in [0.1, 0.15) is 42.1 Å². The predicted molar refractivity (Wildman–Crippen MR) is 97.2 cm³/mol. The zero-order valence-electron chi connectivity index (χ0n) is 14.6. The summed E-state index contributed by atoms with van der Waals surface area (Å²) in [6.07, 6.45) is 0.925. The molecule has 7 heteroatoms. The van der Waals surface area contributed by atoms with Gasteiger partial charge in [-0.3, -0.25) is 14.9 Å². The quantitative estimate of drug-likeness (QED) is 0.461. The van der Waals surface area contributed by atoms with Crippen molar-refractivity contribution in [3.63, 3.8) is 0 Å². The van der Waals surface area contributed by atoms with Crippen LogP contribution >= 0.6 is 0 Å². The molecule has 0 bridgehead atoms. The van der Waals surface area contributed by atoms with E-state index in [2.05, 4.69) is 19.2 Å². The maximum absolute atomic E-state index is 12.1. The van der Waals surface area contributed by atoms with E-state index < -0.39 is 23.4 Å². The first-order valence-corrected chi connectivity index (χ1v) is 8.22. The van der Waals surface area contributed by atoms with Crippen LogP contribution in [0.15, 0.2) is 48.5 Å². The zero-order chi connectivity index (χ0) is 19.1. The Hall–Kier alpha value is -3.22. The van der Waals surface area contributed by atoms with Gasteiger partial charge in [0.2, 0.25) is 0 Å². The molecular weight excluding hydrogens is 336 g/mol. The third-order valence-corrected chi connectivity index (χ3v) is 4.01. The van der Waals surface area contributed by atoms with Crippen LogP contribution in [0.5, 0.6) is 0 Å².